The van der Waals surface area contributed by atoms with Crippen molar-refractivity contribution in [3.8, 4) is 5.75 Å². The van der Waals surface area contributed by atoms with Gasteiger partial charge in [0, 0.05) is 17.6 Å². The monoisotopic (exact) mass is 271 g/mol. The fourth-order valence-electron chi connectivity index (χ4n) is 1.48. The van der Waals surface area contributed by atoms with Crippen molar-refractivity contribution in [2.24, 2.45) is 0 Å². The molecule has 2 rings (SSSR count). The summed E-state index contributed by atoms with van der Waals surface area (Å²) in [6.45, 7) is 0.683. The van der Waals surface area contributed by atoms with Gasteiger partial charge in [-0.05, 0) is 18.2 Å². The second-order valence-electron chi connectivity index (χ2n) is 3.53. The minimum Gasteiger partial charge on any atom is -0.507 e. The molecule has 0 unspecified atom stereocenters. The topological polar surface area (TPSA) is 60.8 Å². The van der Waals surface area contributed by atoms with Crippen LogP contribution in [0.5, 0.6) is 5.75 Å². The molecule has 15 heavy (non-hydrogen) atoms. The molecular weight excluding hydrogens is 262 g/mol. The van der Waals surface area contributed by atoms with Crippen molar-refractivity contribution in [2.75, 3.05) is 13.1 Å². The van der Waals surface area contributed by atoms with E-state index in [0.717, 1.165) is 4.47 Å². The fourth-order valence-corrected chi connectivity index (χ4v) is 1.83. The van der Waals surface area contributed by atoms with Crippen LogP contribution in [0.3, 0.4) is 0 Å². The number of hydrogen-bond donors (Lipinski definition) is 2. The number of aliphatic hydroxyl groups excluding tert-OH is 1. The summed E-state index contributed by atoms with van der Waals surface area (Å²) in [4.78, 5) is 13.2. The molecule has 0 spiro atoms. The van der Waals surface area contributed by atoms with Crippen molar-refractivity contribution in [1.82, 2.24) is 4.90 Å². The maximum atomic E-state index is 11.7. The number of phenols is 1. The first-order valence-electron chi connectivity index (χ1n) is 4.54. The maximum Gasteiger partial charge on any atom is 0.257 e. The Kier molecular flexibility index (Phi) is 2.67. The average molecular weight is 272 g/mol. The van der Waals surface area contributed by atoms with E-state index in [-0.39, 0.29) is 17.2 Å². The Balaban J connectivity index is 2.19. The number of aliphatic hydroxyl groups is 1. The third-order valence-electron chi connectivity index (χ3n) is 2.34. The summed E-state index contributed by atoms with van der Waals surface area (Å²) in [5.41, 5.74) is 0.269. The van der Waals surface area contributed by atoms with Crippen LogP contribution in [0.4, 0.5) is 0 Å². The highest BCUT2D eigenvalue weighted by Crippen LogP contribution is 2.25. The minimum absolute atomic E-state index is 0.0456. The second kappa shape index (κ2) is 3.83. The van der Waals surface area contributed by atoms with Crippen molar-refractivity contribution < 1.29 is 15.0 Å². The molecule has 4 nitrogen and oxygen atoms in total. The molecule has 2 N–H and O–H groups in total. The molecule has 0 atom stereocenters. The Hall–Kier alpha value is -1.07. The molecule has 1 aromatic rings. The third-order valence-corrected chi connectivity index (χ3v) is 2.83. The zero-order valence-corrected chi connectivity index (χ0v) is 9.44. The van der Waals surface area contributed by atoms with Gasteiger partial charge in [0.25, 0.3) is 5.91 Å². The van der Waals surface area contributed by atoms with Gasteiger partial charge in [-0.3, -0.25) is 4.79 Å². The normalized spacial score (nSPS) is 16.3. The number of benzene rings is 1. The molecule has 1 aromatic carbocycles. The highest BCUT2D eigenvalue weighted by Gasteiger charge is 2.30. The number of phenolic OH excluding ortho intramolecular Hbond substituents is 1. The van der Waals surface area contributed by atoms with Crippen molar-refractivity contribution in [3.05, 3.63) is 28.2 Å². The van der Waals surface area contributed by atoms with Gasteiger partial charge in [0.15, 0.2) is 0 Å². The van der Waals surface area contributed by atoms with Crippen LogP contribution in [0, 0.1) is 0 Å². The van der Waals surface area contributed by atoms with Crippen LogP contribution in [0.15, 0.2) is 22.7 Å². The van der Waals surface area contributed by atoms with E-state index in [2.05, 4.69) is 15.9 Å². The Morgan fingerprint density at radius 2 is 2.13 bits per heavy atom. The van der Waals surface area contributed by atoms with Gasteiger partial charge in [-0.2, -0.15) is 0 Å². The molecule has 5 heteroatoms. The number of likely N-dealkylation sites (tertiary alicyclic amines) is 1. The largest absolute Gasteiger partial charge is 0.507 e. The summed E-state index contributed by atoms with van der Waals surface area (Å²) < 4.78 is 0.722. The van der Waals surface area contributed by atoms with Gasteiger partial charge in [0.2, 0.25) is 0 Å². The Labute approximate surface area is 95.3 Å². The number of hydrogen-bond acceptors (Lipinski definition) is 3. The molecule has 0 radical (unpaired) electrons. The Bertz CT molecular complexity index is 402. The molecule has 1 aliphatic heterocycles. The number of aromatic hydroxyl groups is 1. The number of rotatable bonds is 1. The third kappa shape index (κ3) is 1.98. The summed E-state index contributed by atoms with van der Waals surface area (Å²) in [5.74, 6) is -0.291. The predicted molar refractivity (Wildman–Crippen MR) is 57.7 cm³/mol. The Morgan fingerprint density at radius 1 is 1.47 bits per heavy atom. The van der Waals surface area contributed by atoms with Crippen LogP contribution in [-0.4, -0.2) is 40.2 Å². The van der Waals surface area contributed by atoms with Crippen molar-refractivity contribution in [1.29, 1.82) is 0 Å². The standard InChI is InChI=1S/C10H10BrNO3/c11-6-1-2-8(9(14)3-6)10(15)12-4-7(13)5-12/h1-3,7,13-14H,4-5H2. The van der Waals surface area contributed by atoms with Gasteiger partial charge in [0.1, 0.15) is 5.75 Å². The van der Waals surface area contributed by atoms with Crippen LogP contribution < -0.4 is 0 Å². The number of carbonyl (C=O) groups excluding carboxylic acids is 1. The lowest BCUT2D eigenvalue weighted by Gasteiger charge is -2.35. The Morgan fingerprint density at radius 3 is 2.67 bits per heavy atom. The van der Waals surface area contributed by atoms with E-state index in [1.165, 1.54) is 11.0 Å². The SMILES string of the molecule is O=C(c1ccc(Br)cc1O)N1CC(O)C1. The van der Waals surface area contributed by atoms with Gasteiger partial charge in [0.05, 0.1) is 11.7 Å². The van der Waals surface area contributed by atoms with Crippen molar-refractivity contribution >= 4 is 21.8 Å². The zero-order valence-electron chi connectivity index (χ0n) is 7.85. The number of nitrogens with zero attached hydrogens (tertiary/aromatic N) is 1. The number of amides is 1. The summed E-state index contributed by atoms with van der Waals surface area (Å²) >= 11 is 3.20. The first-order valence-corrected chi connectivity index (χ1v) is 5.33. The average Bonchev–Trinajstić information content (AvgIpc) is 2.12. The molecule has 0 saturated carbocycles. The highest BCUT2D eigenvalue weighted by molar-refractivity contribution is 9.10. The van der Waals surface area contributed by atoms with Crippen molar-refractivity contribution in [2.45, 2.75) is 6.10 Å². The van der Waals surface area contributed by atoms with E-state index in [0.29, 0.717) is 13.1 Å². The summed E-state index contributed by atoms with van der Waals surface area (Å²) in [5, 5.41) is 18.6. The number of carbonyl (C=O) groups is 1. The predicted octanol–water partition coefficient (Wildman–Crippen LogP) is 0.971. The fraction of sp³-hybridized carbons (Fsp3) is 0.300. The van der Waals surface area contributed by atoms with Gasteiger partial charge in [-0.1, -0.05) is 15.9 Å². The van der Waals surface area contributed by atoms with E-state index >= 15 is 0 Å². The molecular formula is C10H10BrNO3. The van der Waals surface area contributed by atoms with Gasteiger partial charge < -0.3 is 15.1 Å². The molecule has 80 valence electrons. The molecule has 1 saturated heterocycles. The number of halogens is 1. The molecule has 1 heterocycles. The van der Waals surface area contributed by atoms with E-state index in [9.17, 15) is 9.90 Å². The van der Waals surface area contributed by atoms with Crippen LogP contribution in [-0.2, 0) is 0 Å². The lowest BCUT2D eigenvalue weighted by molar-refractivity contribution is 0.00570. The van der Waals surface area contributed by atoms with E-state index in [1.807, 2.05) is 0 Å². The molecule has 0 bridgehead atoms. The maximum absolute atomic E-state index is 11.7. The smallest absolute Gasteiger partial charge is 0.257 e. The minimum atomic E-state index is -0.424. The van der Waals surface area contributed by atoms with E-state index < -0.39 is 6.10 Å². The molecule has 1 amide bonds. The van der Waals surface area contributed by atoms with Crippen LogP contribution >= 0.6 is 15.9 Å². The first kappa shape index (κ1) is 10.4. The van der Waals surface area contributed by atoms with Gasteiger partial charge >= 0.3 is 0 Å². The van der Waals surface area contributed by atoms with E-state index in [1.54, 1.807) is 12.1 Å². The highest BCUT2D eigenvalue weighted by atomic mass is 79.9. The number of β-amino-alcohol motifs (C(OH)–C–C–N with tert-alkyl or cyclic N) is 1. The van der Waals surface area contributed by atoms with E-state index in [4.69, 9.17) is 5.11 Å². The lowest BCUT2D eigenvalue weighted by Crippen LogP contribution is -2.53. The molecule has 0 aliphatic carbocycles. The molecule has 0 aromatic heterocycles. The van der Waals surface area contributed by atoms with Crippen LogP contribution in [0.2, 0.25) is 0 Å². The quantitative estimate of drug-likeness (QED) is 0.800. The molecule has 1 fully saturated rings. The van der Waals surface area contributed by atoms with Gasteiger partial charge in [-0.15, -0.1) is 0 Å². The summed E-state index contributed by atoms with van der Waals surface area (Å²) in [7, 11) is 0. The van der Waals surface area contributed by atoms with Crippen LogP contribution in [0.1, 0.15) is 10.4 Å². The van der Waals surface area contributed by atoms with Gasteiger partial charge in [-0.25, -0.2) is 0 Å². The van der Waals surface area contributed by atoms with Crippen LogP contribution in [0.25, 0.3) is 0 Å². The molecule has 1 aliphatic rings. The first-order chi connectivity index (χ1) is 7.08. The zero-order chi connectivity index (χ0) is 11.0. The van der Waals surface area contributed by atoms with Crippen molar-refractivity contribution in [3.63, 3.8) is 0 Å². The summed E-state index contributed by atoms with van der Waals surface area (Å²) in [6.07, 6.45) is -0.424. The second-order valence-corrected chi connectivity index (χ2v) is 4.44. The lowest BCUT2D eigenvalue weighted by atomic mass is 10.1. The summed E-state index contributed by atoms with van der Waals surface area (Å²) in [6, 6.07) is 4.74.